The molecule has 2 aliphatic heterocycles. The minimum absolute atomic E-state index is 0.109. The lowest BCUT2D eigenvalue weighted by atomic mass is 9.99. The molecule has 0 spiro atoms. The molecular formula is C14H11Cl2N3O4. The minimum atomic E-state index is -1.02. The highest BCUT2D eigenvalue weighted by Gasteiger charge is 2.56. The summed E-state index contributed by atoms with van der Waals surface area (Å²) in [5.41, 5.74) is 2.63. The van der Waals surface area contributed by atoms with E-state index in [0.717, 1.165) is 4.90 Å². The van der Waals surface area contributed by atoms with Gasteiger partial charge in [0.05, 0.1) is 17.3 Å². The molecule has 9 heteroatoms. The number of nitrogens with zero attached hydrogens (tertiary/aromatic N) is 2. The summed E-state index contributed by atoms with van der Waals surface area (Å²) in [6.07, 6.45) is 0. The van der Waals surface area contributed by atoms with Crippen molar-refractivity contribution in [1.29, 1.82) is 0 Å². The van der Waals surface area contributed by atoms with Gasteiger partial charge in [-0.05, 0) is 25.1 Å². The standard InChI is InChI=1S/C14H11Cl2N3O4/c1-2-23-14(22)11-9-10(17-18-11)13(21)19(12(9)20)8-4-3-6(15)5-7(8)16/h3-5,9-10,17H,2H2,1H3/t9-,10+/m0/s1. The summed E-state index contributed by atoms with van der Waals surface area (Å²) in [6.45, 7) is 1.78. The lowest BCUT2D eigenvalue weighted by Gasteiger charge is -2.17. The van der Waals surface area contributed by atoms with Crippen molar-refractivity contribution in [3.63, 3.8) is 0 Å². The van der Waals surface area contributed by atoms with Crippen LogP contribution in [0.1, 0.15) is 6.92 Å². The number of hydrogen-bond donors (Lipinski definition) is 1. The number of fused-ring (bicyclic) bond motifs is 1. The van der Waals surface area contributed by atoms with Gasteiger partial charge in [0.1, 0.15) is 12.0 Å². The molecule has 1 aromatic carbocycles. The number of esters is 1. The third-order valence-electron chi connectivity index (χ3n) is 3.56. The van der Waals surface area contributed by atoms with Crippen molar-refractivity contribution in [3.8, 4) is 0 Å². The maximum absolute atomic E-state index is 12.6. The van der Waals surface area contributed by atoms with E-state index in [1.54, 1.807) is 6.92 Å². The van der Waals surface area contributed by atoms with Crippen LogP contribution in [0.2, 0.25) is 10.0 Å². The van der Waals surface area contributed by atoms with E-state index in [1.807, 2.05) is 0 Å². The van der Waals surface area contributed by atoms with E-state index in [2.05, 4.69) is 10.5 Å². The van der Waals surface area contributed by atoms with Crippen molar-refractivity contribution in [2.45, 2.75) is 13.0 Å². The SMILES string of the molecule is CCOC(=O)C1=NN[C@H]2C(=O)N(c3ccc(Cl)cc3Cl)C(=O)[C@H]12. The summed E-state index contributed by atoms with van der Waals surface area (Å²) >= 11 is 11.9. The Labute approximate surface area is 141 Å². The first kappa shape index (κ1) is 15.8. The van der Waals surface area contributed by atoms with E-state index < -0.39 is 29.7 Å². The molecular weight excluding hydrogens is 345 g/mol. The molecule has 1 N–H and O–H groups in total. The third kappa shape index (κ3) is 2.46. The molecule has 2 aliphatic rings. The summed E-state index contributed by atoms with van der Waals surface area (Å²) in [7, 11) is 0. The Hall–Kier alpha value is -2.12. The predicted molar refractivity (Wildman–Crippen MR) is 83.4 cm³/mol. The molecule has 1 aromatic rings. The Morgan fingerprint density at radius 2 is 2.09 bits per heavy atom. The van der Waals surface area contributed by atoms with Gasteiger partial charge in [0.2, 0.25) is 5.91 Å². The topological polar surface area (TPSA) is 88.1 Å². The first-order valence-corrected chi connectivity index (χ1v) is 7.54. The highest BCUT2D eigenvalue weighted by atomic mass is 35.5. The summed E-state index contributed by atoms with van der Waals surface area (Å²) in [4.78, 5) is 37.9. The quantitative estimate of drug-likeness (QED) is 0.653. The number of halogens is 2. The lowest BCUT2D eigenvalue weighted by molar-refractivity contribution is -0.136. The molecule has 1 saturated heterocycles. The van der Waals surface area contributed by atoms with Crippen LogP contribution in [0, 0.1) is 5.92 Å². The molecule has 2 amide bonds. The predicted octanol–water partition coefficient (Wildman–Crippen LogP) is 1.37. The fourth-order valence-corrected chi connectivity index (χ4v) is 3.06. The summed E-state index contributed by atoms with van der Waals surface area (Å²) in [5.74, 6) is -2.86. The van der Waals surface area contributed by atoms with Gasteiger partial charge in [0.25, 0.3) is 5.91 Å². The molecule has 2 heterocycles. The van der Waals surface area contributed by atoms with Gasteiger partial charge in [0.15, 0.2) is 5.71 Å². The van der Waals surface area contributed by atoms with Gasteiger partial charge in [-0.25, -0.2) is 9.69 Å². The van der Waals surface area contributed by atoms with Crippen molar-refractivity contribution in [2.24, 2.45) is 11.0 Å². The molecule has 0 bridgehead atoms. The van der Waals surface area contributed by atoms with Gasteiger partial charge in [-0.2, -0.15) is 5.10 Å². The fraction of sp³-hybridized carbons (Fsp3) is 0.286. The molecule has 1 fully saturated rings. The molecule has 0 aromatic heterocycles. The second-order valence-corrected chi connectivity index (χ2v) is 5.75. The van der Waals surface area contributed by atoms with Crippen LogP contribution in [0.3, 0.4) is 0 Å². The van der Waals surface area contributed by atoms with Crippen LogP contribution >= 0.6 is 23.2 Å². The number of hydrazone groups is 1. The lowest BCUT2D eigenvalue weighted by Crippen LogP contribution is -2.36. The number of imide groups is 1. The van der Waals surface area contributed by atoms with E-state index in [0.29, 0.717) is 5.02 Å². The van der Waals surface area contributed by atoms with Crippen molar-refractivity contribution < 1.29 is 19.1 Å². The Bertz CT molecular complexity index is 750. The fourth-order valence-electron chi connectivity index (χ4n) is 2.56. The normalized spacial score (nSPS) is 22.7. The monoisotopic (exact) mass is 355 g/mol. The first-order valence-electron chi connectivity index (χ1n) is 6.78. The number of carbonyl (C=O) groups is 3. The molecule has 0 aliphatic carbocycles. The van der Waals surface area contributed by atoms with Gasteiger partial charge >= 0.3 is 5.97 Å². The number of nitrogens with one attached hydrogen (secondary N) is 1. The number of ether oxygens (including phenoxy) is 1. The molecule has 0 unspecified atom stereocenters. The summed E-state index contributed by atoms with van der Waals surface area (Å²) in [6, 6.07) is 3.49. The summed E-state index contributed by atoms with van der Waals surface area (Å²) < 4.78 is 4.86. The van der Waals surface area contributed by atoms with Crippen LogP contribution in [0.5, 0.6) is 0 Å². The largest absolute Gasteiger partial charge is 0.461 e. The van der Waals surface area contributed by atoms with Crippen molar-refractivity contribution in [2.75, 3.05) is 11.5 Å². The molecule has 23 heavy (non-hydrogen) atoms. The van der Waals surface area contributed by atoms with Crippen molar-refractivity contribution in [1.82, 2.24) is 5.43 Å². The zero-order valence-electron chi connectivity index (χ0n) is 11.9. The van der Waals surface area contributed by atoms with Crippen LogP contribution in [0.25, 0.3) is 0 Å². The van der Waals surface area contributed by atoms with Gasteiger partial charge in [0, 0.05) is 5.02 Å². The molecule has 3 rings (SSSR count). The van der Waals surface area contributed by atoms with Gasteiger partial charge < -0.3 is 4.74 Å². The maximum Gasteiger partial charge on any atom is 0.355 e. The number of hydrogen-bond acceptors (Lipinski definition) is 6. The number of anilines is 1. The average Bonchev–Trinajstić information content (AvgIpc) is 3.02. The van der Waals surface area contributed by atoms with Crippen LogP contribution in [-0.4, -0.2) is 36.1 Å². The van der Waals surface area contributed by atoms with Gasteiger partial charge in [-0.3, -0.25) is 15.0 Å². The molecule has 2 atom stereocenters. The minimum Gasteiger partial charge on any atom is -0.461 e. The Kier molecular flexibility index (Phi) is 3.99. The van der Waals surface area contributed by atoms with Crippen LogP contribution in [0.15, 0.2) is 23.3 Å². The van der Waals surface area contributed by atoms with Crippen molar-refractivity contribution >= 4 is 52.4 Å². The Balaban J connectivity index is 1.95. The third-order valence-corrected chi connectivity index (χ3v) is 4.10. The van der Waals surface area contributed by atoms with Crippen LogP contribution in [0.4, 0.5) is 5.69 Å². The molecule has 120 valence electrons. The zero-order valence-corrected chi connectivity index (χ0v) is 13.4. The average molecular weight is 356 g/mol. The Morgan fingerprint density at radius 3 is 2.74 bits per heavy atom. The zero-order chi connectivity index (χ0) is 16.7. The van der Waals surface area contributed by atoms with Crippen molar-refractivity contribution in [3.05, 3.63) is 28.2 Å². The van der Waals surface area contributed by atoms with E-state index in [9.17, 15) is 14.4 Å². The molecule has 7 nitrogen and oxygen atoms in total. The number of carbonyl (C=O) groups excluding carboxylic acids is 3. The van der Waals surface area contributed by atoms with Crippen LogP contribution < -0.4 is 10.3 Å². The first-order chi connectivity index (χ1) is 11.0. The van der Waals surface area contributed by atoms with Gasteiger partial charge in [-0.15, -0.1) is 0 Å². The van der Waals surface area contributed by atoms with Gasteiger partial charge in [-0.1, -0.05) is 23.2 Å². The number of amides is 2. The van der Waals surface area contributed by atoms with E-state index in [4.69, 9.17) is 27.9 Å². The highest BCUT2D eigenvalue weighted by Crippen LogP contribution is 2.35. The smallest absolute Gasteiger partial charge is 0.355 e. The van der Waals surface area contributed by atoms with Crippen LogP contribution in [-0.2, 0) is 19.1 Å². The van der Waals surface area contributed by atoms with E-state index >= 15 is 0 Å². The molecule has 0 saturated carbocycles. The van der Waals surface area contributed by atoms with E-state index in [1.165, 1.54) is 18.2 Å². The Morgan fingerprint density at radius 1 is 1.35 bits per heavy atom. The molecule has 0 radical (unpaired) electrons. The maximum atomic E-state index is 12.6. The second kappa shape index (κ2) is 5.82. The number of rotatable bonds is 3. The summed E-state index contributed by atoms with van der Waals surface area (Å²) in [5, 5.41) is 4.31. The highest BCUT2D eigenvalue weighted by molar-refractivity contribution is 6.47. The van der Waals surface area contributed by atoms with E-state index in [-0.39, 0.29) is 23.0 Å². The number of benzene rings is 1. The second-order valence-electron chi connectivity index (χ2n) is 4.91.